The number of carbonyl (C=O) groups excluding carboxylic acids is 3. The second kappa shape index (κ2) is 9.01. The van der Waals surface area contributed by atoms with Gasteiger partial charge < -0.3 is 5.32 Å². The Hall–Kier alpha value is -3.38. The molecule has 0 saturated carbocycles. The van der Waals surface area contributed by atoms with E-state index in [1.807, 2.05) is 69.3 Å². The Morgan fingerprint density at radius 3 is 2.25 bits per heavy atom. The third-order valence-electron chi connectivity index (χ3n) is 5.44. The van der Waals surface area contributed by atoms with Crippen molar-refractivity contribution >= 4 is 40.9 Å². The van der Waals surface area contributed by atoms with Gasteiger partial charge in [0.2, 0.25) is 11.8 Å². The molecule has 3 aromatic carbocycles. The molecule has 3 amide bonds. The third kappa shape index (κ3) is 4.46. The molecule has 4 rings (SSSR count). The van der Waals surface area contributed by atoms with Crippen molar-refractivity contribution in [1.82, 2.24) is 0 Å². The zero-order valence-corrected chi connectivity index (χ0v) is 19.0. The lowest BCUT2D eigenvalue weighted by molar-refractivity contribution is -0.121. The number of carbonyl (C=O) groups is 3. The van der Waals surface area contributed by atoms with Gasteiger partial charge in [-0.25, -0.2) is 4.90 Å². The lowest BCUT2D eigenvalue weighted by Gasteiger charge is -2.19. The number of nitrogens with zero attached hydrogens (tertiary/aromatic N) is 1. The van der Waals surface area contributed by atoms with Gasteiger partial charge in [-0.3, -0.25) is 14.4 Å². The monoisotopic (exact) mass is 444 g/mol. The highest BCUT2D eigenvalue weighted by molar-refractivity contribution is 8.00. The normalized spacial score (nSPS) is 15.8. The molecule has 1 N–H and O–H groups in total. The fraction of sp³-hybridized carbons (Fsp3) is 0.192. The minimum atomic E-state index is -0.464. The molecular weight excluding hydrogens is 420 g/mol. The SMILES string of the molecule is Cc1cccc(C(=O)Nc2ccc(SC3CC(=O)N(c4c(C)cccc4C)C3=O)cc2)c1. The van der Waals surface area contributed by atoms with Crippen LogP contribution in [0.2, 0.25) is 0 Å². The van der Waals surface area contributed by atoms with Crippen LogP contribution in [0.4, 0.5) is 11.4 Å². The first-order chi connectivity index (χ1) is 15.3. The molecule has 1 saturated heterocycles. The highest BCUT2D eigenvalue weighted by Crippen LogP contribution is 2.36. The highest BCUT2D eigenvalue weighted by Gasteiger charge is 2.41. The van der Waals surface area contributed by atoms with Crippen LogP contribution in [-0.4, -0.2) is 23.0 Å². The zero-order valence-electron chi connectivity index (χ0n) is 18.2. The molecule has 1 unspecified atom stereocenters. The second-order valence-electron chi connectivity index (χ2n) is 7.97. The van der Waals surface area contributed by atoms with E-state index in [-0.39, 0.29) is 24.1 Å². The lowest BCUT2D eigenvalue weighted by Crippen LogP contribution is -2.32. The summed E-state index contributed by atoms with van der Waals surface area (Å²) in [6.45, 7) is 5.76. The van der Waals surface area contributed by atoms with Crippen LogP contribution in [-0.2, 0) is 9.59 Å². The van der Waals surface area contributed by atoms with Gasteiger partial charge in [0.15, 0.2) is 0 Å². The van der Waals surface area contributed by atoms with Crippen molar-refractivity contribution in [3.05, 3.63) is 89.0 Å². The number of hydrogen-bond acceptors (Lipinski definition) is 4. The van der Waals surface area contributed by atoms with E-state index in [0.717, 1.165) is 21.6 Å². The maximum absolute atomic E-state index is 13.0. The third-order valence-corrected chi connectivity index (χ3v) is 6.64. The molecule has 1 aliphatic rings. The van der Waals surface area contributed by atoms with Crippen molar-refractivity contribution in [2.75, 3.05) is 10.2 Å². The van der Waals surface area contributed by atoms with E-state index in [2.05, 4.69) is 5.32 Å². The van der Waals surface area contributed by atoms with E-state index >= 15 is 0 Å². The first-order valence-electron chi connectivity index (χ1n) is 10.4. The summed E-state index contributed by atoms with van der Waals surface area (Å²) in [5, 5.41) is 2.42. The molecule has 5 nitrogen and oxygen atoms in total. The molecule has 32 heavy (non-hydrogen) atoms. The van der Waals surface area contributed by atoms with Gasteiger partial charge in [-0.15, -0.1) is 11.8 Å². The number of hydrogen-bond donors (Lipinski definition) is 1. The van der Waals surface area contributed by atoms with Crippen molar-refractivity contribution in [1.29, 1.82) is 0 Å². The van der Waals surface area contributed by atoms with Gasteiger partial charge >= 0.3 is 0 Å². The van der Waals surface area contributed by atoms with Crippen LogP contribution < -0.4 is 10.2 Å². The van der Waals surface area contributed by atoms with Crippen molar-refractivity contribution in [3.63, 3.8) is 0 Å². The molecule has 6 heteroatoms. The van der Waals surface area contributed by atoms with Crippen molar-refractivity contribution in [2.24, 2.45) is 0 Å². The number of anilines is 2. The fourth-order valence-electron chi connectivity index (χ4n) is 3.86. The molecule has 162 valence electrons. The topological polar surface area (TPSA) is 66.5 Å². The first kappa shape index (κ1) is 21.8. The number of nitrogens with one attached hydrogen (secondary N) is 1. The van der Waals surface area contributed by atoms with E-state index in [1.54, 1.807) is 18.2 Å². The molecular formula is C26H24N2O3S. The minimum Gasteiger partial charge on any atom is -0.322 e. The summed E-state index contributed by atoms with van der Waals surface area (Å²) in [6.07, 6.45) is 0.170. The molecule has 3 aromatic rings. The molecule has 1 aliphatic heterocycles. The molecule has 1 fully saturated rings. The standard InChI is InChI=1S/C26H24N2O3S/c1-16-6-4-9-19(14-16)25(30)27-20-10-12-21(13-11-20)32-22-15-23(29)28(26(22)31)24-17(2)7-5-8-18(24)3/h4-14,22H,15H2,1-3H3,(H,27,30). The van der Waals surface area contributed by atoms with E-state index in [9.17, 15) is 14.4 Å². The second-order valence-corrected chi connectivity index (χ2v) is 9.24. The van der Waals surface area contributed by atoms with E-state index in [4.69, 9.17) is 0 Å². The Morgan fingerprint density at radius 2 is 1.59 bits per heavy atom. The predicted octanol–water partition coefficient (Wildman–Crippen LogP) is 5.29. The number of aryl methyl sites for hydroxylation is 3. The maximum Gasteiger partial charge on any atom is 0.255 e. The van der Waals surface area contributed by atoms with Crippen LogP contribution >= 0.6 is 11.8 Å². The number of thioether (sulfide) groups is 1. The molecule has 0 spiro atoms. The Morgan fingerprint density at radius 1 is 0.938 bits per heavy atom. The minimum absolute atomic E-state index is 0.170. The Labute approximate surface area is 191 Å². The molecule has 1 atom stereocenters. The van der Waals surface area contributed by atoms with Crippen LogP contribution in [0, 0.1) is 20.8 Å². The first-order valence-corrected chi connectivity index (χ1v) is 11.3. The van der Waals surface area contributed by atoms with Crippen LogP contribution in [0.5, 0.6) is 0 Å². The summed E-state index contributed by atoms with van der Waals surface area (Å²) in [7, 11) is 0. The van der Waals surface area contributed by atoms with Gasteiger partial charge in [0.05, 0.1) is 10.9 Å². The average Bonchev–Trinajstić information content (AvgIpc) is 3.03. The number of benzene rings is 3. The summed E-state index contributed by atoms with van der Waals surface area (Å²) in [5.41, 5.74) is 4.81. The molecule has 1 heterocycles. The van der Waals surface area contributed by atoms with Crippen LogP contribution in [0.15, 0.2) is 71.6 Å². The van der Waals surface area contributed by atoms with Crippen molar-refractivity contribution in [3.8, 4) is 0 Å². The van der Waals surface area contributed by atoms with Gasteiger partial charge in [-0.2, -0.15) is 0 Å². The van der Waals surface area contributed by atoms with Gasteiger partial charge in [0.25, 0.3) is 5.91 Å². The summed E-state index contributed by atoms with van der Waals surface area (Å²) in [6, 6.07) is 20.5. The van der Waals surface area contributed by atoms with Crippen LogP contribution in [0.3, 0.4) is 0 Å². The van der Waals surface area contributed by atoms with Crippen molar-refractivity contribution in [2.45, 2.75) is 37.3 Å². The number of rotatable bonds is 5. The number of amides is 3. The van der Waals surface area contributed by atoms with Crippen LogP contribution in [0.1, 0.15) is 33.5 Å². The lowest BCUT2D eigenvalue weighted by atomic mass is 10.1. The fourth-order valence-corrected chi connectivity index (χ4v) is 4.91. The van der Waals surface area contributed by atoms with E-state index in [0.29, 0.717) is 16.9 Å². The summed E-state index contributed by atoms with van der Waals surface area (Å²) >= 11 is 1.37. The largest absolute Gasteiger partial charge is 0.322 e. The molecule has 0 aliphatic carbocycles. The number of imide groups is 1. The number of para-hydroxylation sites is 1. The van der Waals surface area contributed by atoms with E-state index < -0.39 is 5.25 Å². The van der Waals surface area contributed by atoms with Gasteiger partial charge in [0.1, 0.15) is 0 Å². The van der Waals surface area contributed by atoms with Gasteiger partial charge in [0, 0.05) is 22.6 Å². The van der Waals surface area contributed by atoms with Gasteiger partial charge in [-0.05, 0) is 68.3 Å². The van der Waals surface area contributed by atoms with Gasteiger partial charge in [-0.1, -0.05) is 35.9 Å². The average molecular weight is 445 g/mol. The maximum atomic E-state index is 13.0. The summed E-state index contributed by atoms with van der Waals surface area (Å²) < 4.78 is 0. The van der Waals surface area contributed by atoms with Crippen molar-refractivity contribution < 1.29 is 14.4 Å². The Kier molecular flexibility index (Phi) is 6.15. The summed E-state index contributed by atoms with van der Waals surface area (Å²) in [4.78, 5) is 40.3. The summed E-state index contributed by atoms with van der Waals surface area (Å²) in [5.74, 6) is -0.531. The molecule has 0 aromatic heterocycles. The highest BCUT2D eigenvalue weighted by atomic mass is 32.2. The Balaban J connectivity index is 1.44. The predicted molar refractivity (Wildman–Crippen MR) is 128 cm³/mol. The molecule has 0 radical (unpaired) electrons. The molecule has 0 bridgehead atoms. The zero-order chi connectivity index (χ0) is 22.8. The quantitative estimate of drug-likeness (QED) is 0.543. The smallest absolute Gasteiger partial charge is 0.255 e. The Bertz CT molecular complexity index is 1180. The van der Waals surface area contributed by atoms with E-state index in [1.165, 1.54) is 16.7 Å². The van der Waals surface area contributed by atoms with Crippen LogP contribution in [0.25, 0.3) is 0 Å².